The Morgan fingerprint density at radius 3 is 2.84 bits per heavy atom. The van der Waals surface area contributed by atoms with Crippen molar-refractivity contribution in [2.24, 2.45) is 4.99 Å². The number of aryl methyl sites for hydroxylation is 1. The summed E-state index contributed by atoms with van der Waals surface area (Å²) in [5, 5.41) is 5.09. The summed E-state index contributed by atoms with van der Waals surface area (Å²) >= 11 is 2.71. The molecule has 0 unspecified atom stereocenters. The summed E-state index contributed by atoms with van der Waals surface area (Å²) in [5.74, 6) is -2.51. The number of aliphatic imine (C=N–C) groups is 1. The first-order valence-corrected chi connectivity index (χ1v) is 9.10. The van der Waals surface area contributed by atoms with Crippen molar-refractivity contribution in [1.29, 1.82) is 0 Å². The van der Waals surface area contributed by atoms with Gasteiger partial charge in [-0.05, 0) is 19.1 Å². The normalized spacial score (nSPS) is 16.8. The molecule has 2 amide bonds. The molecule has 1 atom stereocenters. The van der Waals surface area contributed by atoms with Crippen LogP contribution in [0.5, 0.6) is 0 Å². The predicted molar refractivity (Wildman–Crippen MR) is 94.0 cm³/mol. The van der Waals surface area contributed by atoms with Crippen LogP contribution in [0.15, 0.2) is 28.6 Å². The van der Waals surface area contributed by atoms with Crippen molar-refractivity contribution in [3.05, 3.63) is 45.9 Å². The molecule has 2 aromatic rings. The number of hydrogen-bond acceptors (Lipinski definition) is 5. The Hall–Kier alpha value is -2.13. The highest BCUT2D eigenvalue weighted by Gasteiger charge is 2.30. The monoisotopic (exact) mass is 381 g/mol. The van der Waals surface area contributed by atoms with Crippen molar-refractivity contribution < 1.29 is 18.4 Å². The largest absolute Gasteiger partial charge is 0.324 e. The van der Waals surface area contributed by atoms with E-state index < -0.39 is 22.8 Å². The zero-order valence-electron chi connectivity index (χ0n) is 13.1. The number of nitrogens with one attached hydrogen (secondary N) is 1. The fraction of sp³-hybridized carbons (Fsp3) is 0.250. The second-order valence-corrected chi connectivity index (χ2v) is 7.60. The molecule has 1 aliphatic heterocycles. The van der Waals surface area contributed by atoms with E-state index in [0.717, 1.165) is 22.8 Å². The number of anilines is 1. The Labute approximate surface area is 150 Å². The zero-order valence-corrected chi connectivity index (χ0v) is 14.7. The van der Waals surface area contributed by atoms with Crippen molar-refractivity contribution in [3.63, 3.8) is 0 Å². The molecule has 1 aromatic carbocycles. The lowest BCUT2D eigenvalue weighted by atomic mass is 10.2. The van der Waals surface area contributed by atoms with Crippen LogP contribution >= 0.6 is 23.1 Å². The second kappa shape index (κ2) is 7.40. The molecule has 25 heavy (non-hydrogen) atoms. The summed E-state index contributed by atoms with van der Waals surface area (Å²) in [6, 6.07) is 2.87. The minimum Gasteiger partial charge on any atom is -0.324 e. The minimum atomic E-state index is -0.866. The maximum Gasteiger partial charge on any atom is 0.260 e. The molecule has 0 spiro atoms. The van der Waals surface area contributed by atoms with Gasteiger partial charge < -0.3 is 5.32 Å². The van der Waals surface area contributed by atoms with Crippen LogP contribution in [0.25, 0.3) is 0 Å². The Bertz CT molecular complexity index is 867. The van der Waals surface area contributed by atoms with Crippen molar-refractivity contribution >= 4 is 45.6 Å². The van der Waals surface area contributed by atoms with Crippen LogP contribution in [-0.4, -0.2) is 27.1 Å². The maximum atomic E-state index is 13.6. The van der Waals surface area contributed by atoms with E-state index in [-0.39, 0.29) is 18.0 Å². The molecule has 0 saturated heterocycles. The van der Waals surface area contributed by atoms with Crippen LogP contribution in [0, 0.1) is 18.6 Å². The van der Waals surface area contributed by atoms with Crippen LogP contribution in [0.4, 0.5) is 14.5 Å². The van der Waals surface area contributed by atoms with E-state index in [1.54, 1.807) is 0 Å². The molecule has 0 bridgehead atoms. The summed E-state index contributed by atoms with van der Waals surface area (Å²) < 4.78 is 26.4. The SMILES string of the molecule is Cc1csc(CC2=NC(=O)[C@@H](CC(=O)Nc3ccc(F)cc3F)S2)n1. The quantitative estimate of drug-likeness (QED) is 0.862. The standard InChI is InChI=1S/C16H13F2N3O2S2/c1-8-7-24-14(19-8)6-15-21-16(23)12(25-15)5-13(22)20-11-3-2-9(17)4-10(11)18/h2-4,7,12H,5-6H2,1H3,(H,20,22)/t12-/m1/s1. The van der Waals surface area contributed by atoms with Crippen molar-refractivity contribution in [1.82, 2.24) is 4.98 Å². The van der Waals surface area contributed by atoms with Gasteiger partial charge in [0.15, 0.2) is 0 Å². The average Bonchev–Trinajstić information content (AvgIpc) is 3.08. The van der Waals surface area contributed by atoms with E-state index in [9.17, 15) is 18.4 Å². The van der Waals surface area contributed by atoms with E-state index in [4.69, 9.17) is 0 Å². The first kappa shape index (κ1) is 17.7. The molecule has 9 heteroatoms. The van der Waals surface area contributed by atoms with E-state index >= 15 is 0 Å². The number of thioether (sulfide) groups is 1. The maximum absolute atomic E-state index is 13.6. The van der Waals surface area contributed by atoms with E-state index in [1.807, 2.05) is 12.3 Å². The van der Waals surface area contributed by atoms with E-state index in [0.29, 0.717) is 17.5 Å². The van der Waals surface area contributed by atoms with Gasteiger partial charge in [-0.15, -0.1) is 11.3 Å². The Morgan fingerprint density at radius 2 is 2.16 bits per heavy atom. The summed E-state index contributed by atoms with van der Waals surface area (Å²) in [7, 11) is 0. The lowest BCUT2D eigenvalue weighted by molar-refractivity contribution is -0.121. The summed E-state index contributed by atoms with van der Waals surface area (Å²) in [4.78, 5) is 32.3. The molecule has 2 heterocycles. The molecule has 1 aromatic heterocycles. The molecule has 0 saturated carbocycles. The van der Waals surface area contributed by atoms with Gasteiger partial charge in [-0.25, -0.2) is 18.8 Å². The number of carbonyl (C=O) groups excluding carboxylic acids is 2. The number of halogens is 2. The lowest BCUT2D eigenvalue weighted by Crippen LogP contribution is -2.21. The fourth-order valence-corrected chi connectivity index (χ4v) is 4.17. The fourth-order valence-electron chi connectivity index (χ4n) is 2.22. The number of carbonyl (C=O) groups is 2. The molecule has 0 fully saturated rings. The number of aromatic nitrogens is 1. The van der Waals surface area contributed by atoms with Gasteiger partial charge in [-0.1, -0.05) is 11.8 Å². The van der Waals surface area contributed by atoms with Gasteiger partial charge >= 0.3 is 0 Å². The van der Waals surface area contributed by atoms with Crippen LogP contribution in [-0.2, 0) is 16.0 Å². The van der Waals surface area contributed by atoms with Gasteiger partial charge in [0.05, 0.1) is 15.7 Å². The first-order valence-electron chi connectivity index (χ1n) is 7.34. The van der Waals surface area contributed by atoms with E-state index in [1.165, 1.54) is 23.1 Å². The van der Waals surface area contributed by atoms with Gasteiger partial charge in [-0.3, -0.25) is 9.59 Å². The molecule has 0 radical (unpaired) electrons. The van der Waals surface area contributed by atoms with E-state index in [2.05, 4.69) is 15.3 Å². The topological polar surface area (TPSA) is 71.4 Å². The molecule has 0 aliphatic carbocycles. The molecule has 5 nitrogen and oxygen atoms in total. The summed E-state index contributed by atoms with van der Waals surface area (Å²) in [5.41, 5.74) is 0.786. The predicted octanol–water partition coefficient (Wildman–Crippen LogP) is 3.34. The third-order valence-corrected chi connectivity index (χ3v) is 5.46. The smallest absolute Gasteiger partial charge is 0.260 e. The van der Waals surface area contributed by atoms with Crippen molar-refractivity contribution in [2.45, 2.75) is 25.0 Å². The number of rotatable bonds is 5. The van der Waals surface area contributed by atoms with Crippen LogP contribution in [0.3, 0.4) is 0 Å². The highest BCUT2D eigenvalue weighted by Crippen LogP contribution is 2.28. The van der Waals surface area contributed by atoms with Crippen LogP contribution < -0.4 is 5.32 Å². The number of hydrogen-bond donors (Lipinski definition) is 1. The highest BCUT2D eigenvalue weighted by atomic mass is 32.2. The Morgan fingerprint density at radius 1 is 1.36 bits per heavy atom. The molecule has 130 valence electrons. The van der Waals surface area contributed by atoms with Gasteiger partial charge in [0.2, 0.25) is 5.91 Å². The zero-order chi connectivity index (χ0) is 18.0. The minimum absolute atomic E-state index is 0.124. The average molecular weight is 381 g/mol. The first-order chi connectivity index (χ1) is 11.9. The number of thiazole rings is 1. The number of amides is 2. The van der Waals surface area contributed by atoms with Gasteiger partial charge in [0.1, 0.15) is 16.9 Å². The molecule has 3 rings (SSSR count). The number of nitrogens with zero attached hydrogens (tertiary/aromatic N) is 2. The van der Waals surface area contributed by atoms with Crippen molar-refractivity contribution in [3.8, 4) is 0 Å². The Kier molecular flexibility index (Phi) is 5.24. The number of benzene rings is 1. The highest BCUT2D eigenvalue weighted by molar-refractivity contribution is 8.15. The summed E-state index contributed by atoms with van der Waals surface area (Å²) in [6.45, 7) is 1.89. The van der Waals surface area contributed by atoms with Crippen molar-refractivity contribution in [2.75, 3.05) is 5.32 Å². The third kappa shape index (κ3) is 4.49. The molecular formula is C16H13F2N3O2S2. The van der Waals surface area contributed by atoms with Gasteiger partial charge in [0, 0.05) is 30.0 Å². The molecular weight excluding hydrogens is 368 g/mol. The molecule has 1 N–H and O–H groups in total. The summed E-state index contributed by atoms with van der Waals surface area (Å²) in [6.07, 6.45) is 0.323. The van der Waals surface area contributed by atoms with Gasteiger partial charge in [-0.2, -0.15) is 0 Å². The van der Waals surface area contributed by atoms with Crippen LogP contribution in [0.2, 0.25) is 0 Å². The Balaban J connectivity index is 1.56. The van der Waals surface area contributed by atoms with Gasteiger partial charge in [0.25, 0.3) is 5.91 Å². The lowest BCUT2D eigenvalue weighted by Gasteiger charge is -2.09. The third-order valence-electron chi connectivity index (χ3n) is 3.33. The van der Waals surface area contributed by atoms with Crippen LogP contribution in [0.1, 0.15) is 17.1 Å². The molecule has 1 aliphatic rings. The second-order valence-electron chi connectivity index (χ2n) is 5.39.